The zero-order valence-corrected chi connectivity index (χ0v) is 14.8. The maximum Gasteiger partial charge on any atom is 0.315 e. The number of hydrogen-bond donors (Lipinski definition) is 3. The lowest BCUT2D eigenvalue weighted by molar-refractivity contribution is 0.00774. The van der Waals surface area contributed by atoms with Crippen molar-refractivity contribution in [1.82, 2.24) is 15.5 Å². The number of rotatable bonds is 5. The predicted octanol–water partition coefficient (Wildman–Crippen LogP) is 2.24. The molecule has 24 heavy (non-hydrogen) atoms. The molecule has 3 aliphatic carbocycles. The Morgan fingerprint density at radius 3 is 2.12 bits per heavy atom. The van der Waals surface area contributed by atoms with Gasteiger partial charge in [0, 0.05) is 31.2 Å². The largest absolute Gasteiger partial charge is 0.391 e. The summed E-state index contributed by atoms with van der Waals surface area (Å²) in [5, 5.41) is 16.7. The molecule has 5 heteroatoms. The lowest BCUT2D eigenvalue weighted by atomic mass is 9.89. The fourth-order valence-corrected chi connectivity index (χ4v) is 4.80. The third kappa shape index (κ3) is 4.05. The van der Waals surface area contributed by atoms with Gasteiger partial charge in [0.05, 0.1) is 6.10 Å². The van der Waals surface area contributed by atoms with Crippen LogP contribution in [0, 0.1) is 11.8 Å². The third-order valence-electron chi connectivity index (χ3n) is 6.59. The van der Waals surface area contributed by atoms with E-state index in [4.69, 9.17) is 0 Å². The molecule has 0 bridgehead atoms. The van der Waals surface area contributed by atoms with Gasteiger partial charge in [-0.15, -0.1) is 0 Å². The smallest absolute Gasteiger partial charge is 0.315 e. The zero-order valence-electron chi connectivity index (χ0n) is 14.8. The highest BCUT2D eigenvalue weighted by molar-refractivity contribution is 5.74. The van der Waals surface area contributed by atoms with E-state index in [-0.39, 0.29) is 12.1 Å². The summed E-state index contributed by atoms with van der Waals surface area (Å²) < 4.78 is 0. The second-order valence-corrected chi connectivity index (χ2v) is 8.55. The molecule has 1 aliphatic heterocycles. The Kier molecular flexibility index (Phi) is 5.00. The van der Waals surface area contributed by atoms with Crippen molar-refractivity contribution in [3.63, 3.8) is 0 Å². The quantitative estimate of drug-likeness (QED) is 0.722. The van der Waals surface area contributed by atoms with Gasteiger partial charge in [-0.25, -0.2) is 4.79 Å². The molecule has 4 aliphatic rings. The Hall–Kier alpha value is -0.810. The first kappa shape index (κ1) is 16.6. The number of aliphatic hydroxyl groups is 1. The van der Waals surface area contributed by atoms with E-state index in [9.17, 15) is 9.90 Å². The maximum absolute atomic E-state index is 12.3. The van der Waals surface area contributed by atoms with Crippen molar-refractivity contribution in [2.75, 3.05) is 13.1 Å². The van der Waals surface area contributed by atoms with Gasteiger partial charge in [0.25, 0.3) is 0 Å². The van der Waals surface area contributed by atoms with Crippen LogP contribution in [0.25, 0.3) is 0 Å². The van der Waals surface area contributed by atoms with E-state index in [0.29, 0.717) is 18.1 Å². The molecule has 2 amide bonds. The van der Waals surface area contributed by atoms with Crippen LogP contribution < -0.4 is 10.6 Å². The number of urea groups is 1. The number of carbonyl (C=O) groups excluding carboxylic acids is 1. The molecule has 0 aromatic carbocycles. The van der Waals surface area contributed by atoms with Crippen LogP contribution in [0.3, 0.4) is 0 Å². The Balaban J connectivity index is 1.20. The summed E-state index contributed by atoms with van der Waals surface area (Å²) in [5.41, 5.74) is 0. The van der Waals surface area contributed by atoms with Crippen LogP contribution in [0.5, 0.6) is 0 Å². The second kappa shape index (κ2) is 7.20. The molecule has 3 saturated carbocycles. The van der Waals surface area contributed by atoms with E-state index in [1.165, 1.54) is 38.5 Å². The molecule has 3 N–H and O–H groups in total. The summed E-state index contributed by atoms with van der Waals surface area (Å²) in [5.74, 6) is 1.50. The van der Waals surface area contributed by atoms with Crippen LogP contribution in [0.1, 0.15) is 64.2 Å². The van der Waals surface area contributed by atoms with Gasteiger partial charge in [-0.2, -0.15) is 0 Å². The summed E-state index contributed by atoms with van der Waals surface area (Å²) >= 11 is 0. The Bertz CT molecular complexity index is 430. The predicted molar refractivity (Wildman–Crippen MR) is 93.8 cm³/mol. The monoisotopic (exact) mass is 335 g/mol. The van der Waals surface area contributed by atoms with Crippen molar-refractivity contribution in [2.45, 2.75) is 88.4 Å². The molecule has 4 fully saturated rings. The van der Waals surface area contributed by atoms with E-state index in [2.05, 4.69) is 15.5 Å². The van der Waals surface area contributed by atoms with Crippen molar-refractivity contribution >= 4 is 6.03 Å². The van der Waals surface area contributed by atoms with E-state index in [0.717, 1.165) is 50.6 Å². The minimum absolute atomic E-state index is 0.0509. The number of hydrogen-bond acceptors (Lipinski definition) is 3. The average Bonchev–Trinajstić information content (AvgIpc) is 3.48. The van der Waals surface area contributed by atoms with Gasteiger partial charge in [-0.1, -0.05) is 12.8 Å². The molecule has 5 nitrogen and oxygen atoms in total. The van der Waals surface area contributed by atoms with Gasteiger partial charge in [-0.05, 0) is 63.2 Å². The fraction of sp³-hybridized carbons (Fsp3) is 0.947. The highest BCUT2D eigenvalue weighted by atomic mass is 16.3. The summed E-state index contributed by atoms with van der Waals surface area (Å²) in [7, 11) is 0. The van der Waals surface area contributed by atoms with Gasteiger partial charge >= 0.3 is 6.03 Å². The van der Waals surface area contributed by atoms with Gasteiger partial charge < -0.3 is 15.7 Å². The Labute approximate surface area is 145 Å². The zero-order chi connectivity index (χ0) is 16.5. The fourth-order valence-electron chi connectivity index (χ4n) is 4.80. The molecular formula is C19H33N3O2. The molecule has 136 valence electrons. The highest BCUT2D eigenvalue weighted by Gasteiger charge is 2.42. The first-order valence-corrected chi connectivity index (χ1v) is 10.2. The Morgan fingerprint density at radius 1 is 0.917 bits per heavy atom. The SMILES string of the molecule is O=C(NC1CCN(C2CCCCC2O)CC1)NC(C1CC1)C1CC1. The van der Waals surface area contributed by atoms with Crippen molar-refractivity contribution in [3.8, 4) is 0 Å². The number of aliphatic hydroxyl groups excluding tert-OH is 1. The molecule has 2 atom stereocenters. The van der Waals surface area contributed by atoms with Crippen LogP contribution in [-0.2, 0) is 0 Å². The first-order chi connectivity index (χ1) is 11.7. The molecule has 1 saturated heterocycles. The topological polar surface area (TPSA) is 64.6 Å². The van der Waals surface area contributed by atoms with Crippen LogP contribution in [-0.4, -0.2) is 53.4 Å². The van der Waals surface area contributed by atoms with Crippen molar-refractivity contribution in [2.24, 2.45) is 11.8 Å². The summed E-state index contributed by atoms with van der Waals surface area (Å²) in [4.78, 5) is 14.8. The minimum Gasteiger partial charge on any atom is -0.391 e. The number of amides is 2. The lowest BCUT2D eigenvalue weighted by Gasteiger charge is -2.41. The molecule has 2 unspecified atom stereocenters. The third-order valence-corrected chi connectivity index (χ3v) is 6.59. The van der Waals surface area contributed by atoms with Gasteiger partial charge in [0.15, 0.2) is 0 Å². The number of nitrogens with one attached hydrogen (secondary N) is 2. The average molecular weight is 335 g/mol. The van der Waals surface area contributed by atoms with Crippen molar-refractivity contribution in [3.05, 3.63) is 0 Å². The molecular weight excluding hydrogens is 302 g/mol. The second-order valence-electron chi connectivity index (χ2n) is 8.55. The number of carbonyl (C=O) groups is 1. The standard InChI is InChI=1S/C19H33N3O2/c23-17-4-2-1-3-16(17)22-11-9-15(10-12-22)20-19(24)21-18(13-5-6-13)14-7-8-14/h13-18,23H,1-12H2,(H2,20,21,24). The highest BCUT2D eigenvalue weighted by Crippen LogP contribution is 2.44. The first-order valence-electron chi connectivity index (χ1n) is 10.2. The van der Waals surface area contributed by atoms with Gasteiger partial charge in [0.1, 0.15) is 0 Å². The Morgan fingerprint density at radius 2 is 1.54 bits per heavy atom. The molecule has 0 spiro atoms. The van der Waals surface area contributed by atoms with Crippen molar-refractivity contribution in [1.29, 1.82) is 0 Å². The summed E-state index contributed by atoms with van der Waals surface area (Å²) in [6.07, 6.45) is 11.5. The number of nitrogens with zero attached hydrogens (tertiary/aromatic N) is 1. The van der Waals surface area contributed by atoms with Crippen molar-refractivity contribution < 1.29 is 9.90 Å². The minimum atomic E-state index is -0.149. The van der Waals surface area contributed by atoms with E-state index in [1.54, 1.807) is 0 Å². The maximum atomic E-state index is 12.3. The molecule has 1 heterocycles. The number of piperidine rings is 1. The van der Waals surface area contributed by atoms with E-state index >= 15 is 0 Å². The summed E-state index contributed by atoms with van der Waals surface area (Å²) in [6, 6.07) is 1.13. The van der Waals surface area contributed by atoms with Gasteiger partial charge in [-0.3, -0.25) is 4.90 Å². The van der Waals surface area contributed by atoms with Crippen LogP contribution in [0.4, 0.5) is 4.79 Å². The number of likely N-dealkylation sites (tertiary alicyclic amines) is 1. The molecule has 0 aromatic heterocycles. The van der Waals surface area contributed by atoms with Gasteiger partial charge in [0.2, 0.25) is 0 Å². The molecule has 0 aromatic rings. The molecule has 4 rings (SSSR count). The van der Waals surface area contributed by atoms with E-state index < -0.39 is 0 Å². The van der Waals surface area contributed by atoms with Crippen LogP contribution in [0.15, 0.2) is 0 Å². The van der Waals surface area contributed by atoms with E-state index in [1.807, 2.05) is 0 Å². The van der Waals surface area contributed by atoms with Crippen LogP contribution in [0.2, 0.25) is 0 Å². The van der Waals surface area contributed by atoms with Crippen LogP contribution >= 0.6 is 0 Å². The molecule has 0 radical (unpaired) electrons. The normalized spacial score (nSPS) is 32.8. The summed E-state index contributed by atoms with van der Waals surface area (Å²) in [6.45, 7) is 2.00. The lowest BCUT2D eigenvalue weighted by Crippen LogP contribution is -2.54.